The van der Waals surface area contributed by atoms with Gasteiger partial charge in [0.1, 0.15) is 11.6 Å². The second-order valence-electron chi connectivity index (χ2n) is 6.69. The number of para-hydroxylation sites is 1. The Morgan fingerprint density at radius 1 is 0.571 bits per heavy atom. The minimum atomic E-state index is -0.261. The fourth-order valence-corrected chi connectivity index (χ4v) is 3.62. The minimum Gasteiger partial charge on any atom is -0.356 e. The van der Waals surface area contributed by atoms with Gasteiger partial charge in [0.25, 0.3) is 0 Å². The Labute approximate surface area is 160 Å². The van der Waals surface area contributed by atoms with Gasteiger partial charge in [-0.15, -0.1) is 0 Å². The zero-order valence-electron chi connectivity index (χ0n) is 14.9. The summed E-state index contributed by atoms with van der Waals surface area (Å²) < 4.78 is 28.7. The molecule has 0 amide bonds. The summed E-state index contributed by atoms with van der Waals surface area (Å²) in [4.78, 5) is 0. The fraction of sp³-hybridized carbons (Fsp3) is 0. The van der Waals surface area contributed by atoms with E-state index in [1.807, 2.05) is 24.3 Å². The van der Waals surface area contributed by atoms with E-state index >= 15 is 0 Å². The van der Waals surface area contributed by atoms with Crippen LogP contribution in [0.1, 0.15) is 0 Å². The Balaban J connectivity index is 1.68. The number of benzene rings is 4. The lowest BCUT2D eigenvalue weighted by molar-refractivity contribution is 0.627. The molecule has 4 aromatic carbocycles. The first-order valence-electron chi connectivity index (χ1n) is 9.01. The Bertz CT molecular complexity index is 1290. The summed E-state index contributed by atoms with van der Waals surface area (Å²) in [5, 5.41) is 5.52. The van der Waals surface area contributed by atoms with Crippen LogP contribution in [0.15, 0.2) is 91.0 Å². The van der Waals surface area contributed by atoms with Gasteiger partial charge in [0, 0.05) is 27.8 Å². The molecule has 1 aromatic heterocycles. The fourth-order valence-electron chi connectivity index (χ4n) is 3.62. The standard InChI is InChI=1S/C24H16F2N2/c25-16-5-9-18(10-6-16)27-19-11-14-24-22(15-19)21-3-1-2-4-23(21)28(24)20-12-7-17(26)8-13-20/h1-15,27H. The van der Waals surface area contributed by atoms with Crippen LogP contribution in [0.2, 0.25) is 0 Å². The number of anilines is 2. The minimum absolute atomic E-state index is 0.254. The Morgan fingerprint density at radius 3 is 1.93 bits per heavy atom. The molecular weight excluding hydrogens is 354 g/mol. The monoisotopic (exact) mass is 370 g/mol. The lowest BCUT2D eigenvalue weighted by Gasteiger charge is -2.09. The predicted molar refractivity (Wildman–Crippen MR) is 110 cm³/mol. The molecule has 28 heavy (non-hydrogen) atoms. The highest BCUT2D eigenvalue weighted by atomic mass is 19.1. The number of halogens is 2. The first-order valence-corrected chi connectivity index (χ1v) is 9.01. The summed E-state index contributed by atoms with van der Waals surface area (Å²) in [6, 6.07) is 27.1. The summed E-state index contributed by atoms with van der Waals surface area (Å²) in [5.74, 6) is -0.515. The number of rotatable bonds is 3. The van der Waals surface area contributed by atoms with Crippen LogP contribution in [0.3, 0.4) is 0 Å². The molecule has 136 valence electrons. The Morgan fingerprint density at radius 2 is 1.18 bits per heavy atom. The van der Waals surface area contributed by atoms with Crippen LogP contribution in [0, 0.1) is 11.6 Å². The number of nitrogens with one attached hydrogen (secondary N) is 1. The van der Waals surface area contributed by atoms with Crippen molar-refractivity contribution in [3.63, 3.8) is 0 Å². The van der Waals surface area contributed by atoms with Crippen molar-refractivity contribution < 1.29 is 8.78 Å². The molecule has 1 N–H and O–H groups in total. The Kier molecular flexibility index (Phi) is 3.83. The van der Waals surface area contributed by atoms with E-state index in [-0.39, 0.29) is 11.6 Å². The number of hydrogen-bond acceptors (Lipinski definition) is 1. The third kappa shape index (κ3) is 2.79. The lowest BCUT2D eigenvalue weighted by Crippen LogP contribution is -1.94. The second-order valence-corrected chi connectivity index (χ2v) is 6.69. The number of hydrogen-bond donors (Lipinski definition) is 1. The van der Waals surface area contributed by atoms with Crippen molar-refractivity contribution in [1.29, 1.82) is 0 Å². The molecule has 0 atom stereocenters. The van der Waals surface area contributed by atoms with Crippen molar-refractivity contribution in [1.82, 2.24) is 4.57 Å². The van der Waals surface area contributed by atoms with Crippen molar-refractivity contribution in [2.45, 2.75) is 0 Å². The summed E-state index contributed by atoms with van der Waals surface area (Å²) in [6.45, 7) is 0. The zero-order valence-corrected chi connectivity index (χ0v) is 14.9. The highest BCUT2D eigenvalue weighted by molar-refractivity contribution is 6.10. The molecule has 0 saturated heterocycles. The van der Waals surface area contributed by atoms with Crippen molar-refractivity contribution in [3.8, 4) is 5.69 Å². The van der Waals surface area contributed by atoms with Gasteiger partial charge >= 0.3 is 0 Å². The van der Waals surface area contributed by atoms with Crippen LogP contribution in [-0.2, 0) is 0 Å². The van der Waals surface area contributed by atoms with Crippen molar-refractivity contribution in [2.75, 3.05) is 5.32 Å². The smallest absolute Gasteiger partial charge is 0.123 e. The van der Waals surface area contributed by atoms with Crippen LogP contribution in [0.5, 0.6) is 0 Å². The highest BCUT2D eigenvalue weighted by Crippen LogP contribution is 2.34. The molecule has 4 heteroatoms. The van der Waals surface area contributed by atoms with Gasteiger partial charge in [-0.25, -0.2) is 8.78 Å². The van der Waals surface area contributed by atoms with Crippen molar-refractivity contribution in [2.24, 2.45) is 0 Å². The van der Waals surface area contributed by atoms with E-state index in [0.717, 1.165) is 38.9 Å². The number of nitrogens with zero attached hydrogens (tertiary/aromatic N) is 1. The molecule has 0 aliphatic rings. The van der Waals surface area contributed by atoms with Gasteiger partial charge in [-0.05, 0) is 72.8 Å². The zero-order chi connectivity index (χ0) is 19.1. The van der Waals surface area contributed by atoms with E-state index in [0.29, 0.717) is 0 Å². The molecule has 0 saturated carbocycles. The van der Waals surface area contributed by atoms with Crippen LogP contribution < -0.4 is 5.32 Å². The van der Waals surface area contributed by atoms with Crippen LogP contribution in [0.25, 0.3) is 27.5 Å². The average Bonchev–Trinajstić information content (AvgIpc) is 3.04. The second kappa shape index (κ2) is 6.50. The molecule has 2 nitrogen and oxygen atoms in total. The molecule has 0 fully saturated rings. The van der Waals surface area contributed by atoms with E-state index in [1.54, 1.807) is 24.3 Å². The summed E-state index contributed by atoms with van der Waals surface area (Å²) in [6.07, 6.45) is 0. The number of fused-ring (bicyclic) bond motifs is 3. The van der Waals surface area contributed by atoms with Gasteiger partial charge in [-0.3, -0.25) is 0 Å². The van der Waals surface area contributed by atoms with E-state index in [2.05, 4.69) is 28.1 Å². The summed E-state index contributed by atoms with van der Waals surface area (Å²) >= 11 is 0. The maximum Gasteiger partial charge on any atom is 0.123 e. The lowest BCUT2D eigenvalue weighted by atomic mass is 10.1. The molecule has 5 aromatic rings. The number of aromatic nitrogens is 1. The van der Waals surface area contributed by atoms with Crippen LogP contribution >= 0.6 is 0 Å². The normalized spacial score (nSPS) is 11.2. The van der Waals surface area contributed by atoms with E-state index in [4.69, 9.17) is 0 Å². The molecular formula is C24H16F2N2. The van der Waals surface area contributed by atoms with Gasteiger partial charge in [0.05, 0.1) is 11.0 Å². The van der Waals surface area contributed by atoms with Crippen LogP contribution in [0.4, 0.5) is 20.2 Å². The highest BCUT2D eigenvalue weighted by Gasteiger charge is 2.12. The van der Waals surface area contributed by atoms with E-state index in [9.17, 15) is 8.78 Å². The SMILES string of the molecule is Fc1ccc(Nc2ccc3c(c2)c2ccccc2n3-c2ccc(F)cc2)cc1. The predicted octanol–water partition coefficient (Wildman–Crippen LogP) is 6.81. The largest absolute Gasteiger partial charge is 0.356 e. The first kappa shape index (κ1) is 16.5. The molecule has 0 aliphatic heterocycles. The third-order valence-electron chi connectivity index (χ3n) is 4.89. The summed E-state index contributed by atoms with van der Waals surface area (Å²) in [5.41, 5.74) is 4.75. The molecule has 0 bridgehead atoms. The van der Waals surface area contributed by atoms with Crippen molar-refractivity contribution >= 4 is 33.2 Å². The van der Waals surface area contributed by atoms with E-state index in [1.165, 1.54) is 24.3 Å². The third-order valence-corrected chi connectivity index (χ3v) is 4.89. The first-order chi connectivity index (χ1) is 13.7. The van der Waals surface area contributed by atoms with Crippen LogP contribution in [-0.4, -0.2) is 4.57 Å². The maximum absolute atomic E-state index is 13.4. The van der Waals surface area contributed by atoms with Gasteiger partial charge in [0.15, 0.2) is 0 Å². The molecule has 0 spiro atoms. The summed E-state index contributed by atoms with van der Waals surface area (Å²) in [7, 11) is 0. The molecule has 0 aliphatic carbocycles. The van der Waals surface area contributed by atoms with Gasteiger partial charge in [-0.2, -0.15) is 0 Å². The Hall–Kier alpha value is -3.66. The van der Waals surface area contributed by atoms with Gasteiger partial charge in [0.2, 0.25) is 0 Å². The van der Waals surface area contributed by atoms with Gasteiger partial charge in [-0.1, -0.05) is 18.2 Å². The van der Waals surface area contributed by atoms with Gasteiger partial charge < -0.3 is 9.88 Å². The van der Waals surface area contributed by atoms with E-state index < -0.39 is 0 Å². The maximum atomic E-state index is 13.4. The quantitative estimate of drug-likeness (QED) is 0.369. The molecule has 1 heterocycles. The molecule has 5 rings (SSSR count). The average molecular weight is 370 g/mol. The molecule has 0 radical (unpaired) electrons. The van der Waals surface area contributed by atoms with Crippen molar-refractivity contribution in [3.05, 3.63) is 103 Å². The molecule has 0 unspecified atom stereocenters. The topological polar surface area (TPSA) is 17.0 Å².